The molecule has 170 valence electrons. The number of aromatic nitrogens is 2. The molecule has 2 heterocycles. The highest BCUT2D eigenvalue weighted by Crippen LogP contribution is 2.23. The minimum atomic E-state index is -0.154. The average Bonchev–Trinajstić information content (AvgIpc) is 2.78. The van der Waals surface area contributed by atoms with E-state index in [-0.39, 0.29) is 35.3 Å². The first-order valence-electron chi connectivity index (χ1n) is 10.7. The largest absolute Gasteiger partial charge is 0.355 e. The highest BCUT2D eigenvalue weighted by atomic mass is 32.2. The van der Waals surface area contributed by atoms with Crippen molar-refractivity contribution in [3.8, 4) is 0 Å². The lowest BCUT2D eigenvalue weighted by Crippen LogP contribution is -2.42. The minimum absolute atomic E-state index is 0.0125. The molecule has 0 bridgehead atoms. The molecule has 2 N–H and O–H groups in total. The smallest absolute Gasteiger partial charge is 0.234 e. The SMILES string of the molecule is CC(=O)c1ccc(NC(=O)CSc2ccc(N3CCC(C(=O)NC(C)C)CC3)nn2)cc1. The van der Waals surface area contributed by atoms with Crippen LogP contribution >= 0.6 is 11.8 Å². The molecule has 1 fully saturated rings. The third kappa shape index (κ3) is 6.78. The summed E-state index contributed by atoms with van der Waals surface area (Å²) in [6, 6.07) is 10.7. The van der Waals surface area contributed by atoms with Crippen LogP contribution in [-0.4, -0.2) is 52.7 Å². The van der Waals surface area contributed by atoms with Crippen molar-refractivity contribution in [3.63, 3.8) is 0 Å². The standard InChI is InChI=1S/C23H29N5O3S/c1-15(2)24-23(31)18-10-12-28(13-11-18)20-8-9-22(27-26-20)32-14-21(30)25-19-6-4-17(5-7-19)16(3)29/h4-9,15,18H,10-14H2,1-3H3,(H,24,31)(H,25,30). The van der Waals surface area contributed by atoms with Gasteiger partial charge in [0.1, 0.15) is 5.03 Å². The molecule has 0 aliphatic carbocycles. The molecule has 1 aliphatic heterocycles. The molecule has 0 saturated carbocycles. The molecule has 1 aromatic carbocycles. The van der Waals surface area contributed by atoms with E-state index in [1.807, 2.05) is 26.0 Å². The molecule has 8 nitrogen and oxygen atoms in total. The number of piperidine rings is 1. The van der Waals surface area contributed by atoms with Crippen molar-refractivity contribution in [2.75, 3.05) is 29.1 Å². The molecule has 0 radical (unpaired) electrons. The summed E-state index contributed by atoms with van der Waals surface area (Å²) in [5.41, 5.74) is 1.25. The highest BCUT2D eigenvalue weighted by molar-refractivity contribution is 7.99. The lowest BCUT2D eigenvalue weighted by molar-refractivity contribution is -0.126. The van der Waals surface area contributed by atoms with Gasteiger partial charge in [0.05, 0.1) is 5.75 Å². The monoisotopic (exact) mass is 455 g/mol. The number of benzene rings is 1. The van der Waals surface area contributed by atoms with Gasteiger partial charge >= 0.3 is 0 Å². The molecule has 0 unspecified atom stereocenters. The lowest BCUT2D eigenvalue weighted by Gasteiger charge is -2.32. The van der Waals surface area contributed by atoms with E-state index >= 15 is 0 Å². The van der Waals surface area contributed by atoms with Crippen LogP contribution in [-0.2, 0) is 9.59 Å². The van der Waals surface area contributed by atoms with Crippen LogP contribution in [0, 0.1) is 5.92 Å². The Morgan fingerprint density at radius 1 is 1.06 bits per heavy atom. The number of thioether (sulfide) groups is 1. The molecule has 32 heavy (non-hydrogen) atoms. The van der Waals surface area contributed by atoms with Gasteiger partial charge in [-0.25, -0.2) is 0 Å². The summed E-state index contributed by atoms with van der Waals surface area (Å²) in [5, 5.41) is 15.0. The second-order valence-corrected chi connectivity index (χ2v) is 9.12. The third-order valence-corrected chi connectivity index (χ3v) is 6.09. The fourth-order valence-electron chi connectivity index (χ4n) is 3.46. The summed E-state index contributed by atoms with van der Waals surface area (Å²) < 4.78 is 0. The third-order valence-electron chi connectivity index (χ3n) is 5.17. The Bertz CT molecular complexity index is 939. The molecule has 0 spiro atoms. The van der Waals surface area contributed by atoms with Crippen LogP contribution in [0.15, 0.2) is 41.4 Å². The van der Waals surface area contributed by atoms with Gasteiger partial charge in [0.25, 0.3) is 0 Å². The van der Waals surface area contributed by atoms with Gasteiger partial charge in [-0.05, 0) is 70.0 Å². The van der Waals surface area contributed by atoms with Crippen molar-refractivity contribution in [2.24, 2.45) is 5.92 Å². The van der Waals surface area contributed by atoms with E-state index in [0.717, 1.165) is 31.7 Å². The summed E-state index contributed by atoms with van der Waals surface area (Å²) in [5.74, 6) is 1.00. The van der Waals surface area contributed by atoms with Crippen LogP contribution in [0.2, 0.25) is 0 Å². The Morgan fingerprint density at radius 3 is 2.31 bits per heavy atom. The number of carbonyl (C=O) groups is 3. The summed E-state index contributed by atoms with van der Waals surface area (Å²) in [6.45, 7) is 6.98. The van der Waals surface area contributed by atoms with Crippen molar-refractivity contribution in [1.29, 1.82) is 0 Å². The predicted octanol–water partition coefficient (Wildman–Crippen LogP) is 3.15. The van der Waals surface area contributed by atoms with Crippen LogP contribution in [0.25, 0.3) is 0 Å². The van der Waals surface area contributed by atoms with Crippen molar-refractivity contribution >= 4 is 40.9 Å². The zero-order valence-corrected chi connectivity index (χ0v) is 19.4. The molecule has 1 saturated heterocycles. The zero-order chi connectivity index (χ0) is 23.1. The molecule has 2 amide bonds. The van der Waals surface area contributed by atoms with Gasteiger partial charge in [-0.2, -0.15) is 0 Å². The Morgan fingerprint density at radius 2 is 1.75 bits per heavy atom. The molecule has 1 aliphatic rings. The Labute approximate surface area is 192 Å². The van der Waals surface area contributed by atoms with E-state index < -0.39 is 0 Å². The van der Waals surface area contributed by atoms with E-state index in [1.54, 1.807) is 24.3 Å². The van der Waals surface area contributed by atoms with Gasteiger partial charge in [-0.1, -0.05) is 11.8 Å². The van der Waals surface area contributed by atoms with Crippen molar-refractivity contribution < 1.29 is 14.4 Å². The maximum Gasteiger partial charge on any atom is 0.234 e. The number of ketones is 1. The number of nitrogens with zero attached hydrogens (tertiary/aromatic N) is 3. The number of carbonyl (C=O) groups excluding carboxylic acids is 3. The van der Waals surface area contributed by atoms with Gasteiger partial charge in [0.2, 0.25) is 11.8 Å². The molecule has 3 rings (SSSR count). The highest BCUT2D eigenvalue weighted by Gasteiger charge is 2.26. The van der Waals surface area contributed by atoms with Crippen LogP contribution in [0.3, 0.4) is 0 Å². The summed E-state index contributed by atoms with van der Waals surface area (Å²) in [6.07, 6.45) is 1.59. The van der Waals surface area contributed by atoms with Gasteiger partial charge in [0.15, 0.2) is 11.6 Å². The number of rotatable bonds is 8. The van der Waals surface area contributed by atoms with Gasteiger partial charge in [-0.15, -0.1) is 10.2 Å². The second-order valence-electron chi connectivity index (χ2n) is 8.12. The molecular formula is C23H29N5O3S. The molecule has 2 aromatic rings. The summed E-state index contributed by atoms with van der Waals surface area (Å²) in [4.78, 5) is 37.8. The lowest BCUT2D eigenvalue weighted by atomic mass is 9.95. The maximum absolute atomic E-state index is 12.2. The first-order chi connectivity index (χ1) is 15.3. The van der Waals surface area contributed by atoms with Gasteiger partial charge < -0.3 is 15.5 Å². The van der Waals surface area contributed by atoms with E-state index in [2.05, 4.69) is 25.7 Å². The van der Waals surface area contributed by atoms with Gasteiger partial charge in [-0.3, -0.25) is 14.4 Å². The van der Waals surface area contributed by atoms with E-state index in [0.29, 0.717) is 16.3 Å². The van der Waals surface area contributed by atoms with E-state index in [4.69, 9.17) is 0 Å². The number of anilines is 2. The molecule has 9 heteroatoms. The topological polar surface area (TPSA) is 104 Å². The molecule has 0 atom stereocenters. The molecular weight excluding hydrogens is 426 g/mol. The van der Waals surface area contributed by atoms with Gasteiger partial charge in [0, 0.05) is 36.3 Å². The predicted molar refractivity (Wildman–Crippen MR) is 126 cm³/mol. The number of nitrogens with one attached hydrogen (secondary N) is 2. The van der Waals surface area contributed by atoms with E-state index in [1.165, 1.54) is 18.7 Å². The first-order valence-corrected chi connectivity index (χ1v) is 11.7. The quantitative estimate of drug-likeness (QED) is 0.465. The van der Waals surface area contributed by atoms with E-state index in [9.17, 15) is 14.4 Å². The van der Waals surface area contributed by atoms with Crippen LogP contribution in [0.5, 0.6) is 0 Å². The Kier molecular flexibility index (Phi) is 8.21. The molecule has 1 aromatic heterocycles. The number of hydrogen-bond donors (Lipinski definition) is 2. The van der Waals surface area contributed by atoms with Crippen molar-refractivity contribution in [3.05, 3.63) is 42.0 Å². The van der Waals surface area contributed by atoms with Crippen LogP contribution in [0.1, 0.15) is 44.0 Å². The number of Topliss-reactive ketones (excluding diaryl/α,β-unsaturated/α-hetero) is 1. The maximum atomic E-state index is 12.2. The number of amides is 2. The van der Waals surface area contributed by atoms with Crippen LogP contribution in [0.4, 0.5) is 11.5 Å². The van der Waals surface area contributed by atoms with Crippen molar-refractivity contribution in [2.45, 2.75) is 44.7 Å². The fourth-order valence-corrected chi connectivity index (χ4v) is 4.07. The first kappa shape index (κ1) is 23.7. The fraction of sp³-hybridized carbons (Fsp3) is 0.435. The normalized spacial score (nSPS) is 14.3. The Balaban J connectivity index is 1.44. The van der Waals surface area contributed by atoms with Crippen molar-refractivity contribution in [1.82, 2.24) is 15.5 Å². The summed E-state index contributed by atoms with van der Waals surface area (Å²) in [7, 11) is 0. The Hall–Kier alpha value is -2.94. The minimum Gasteiger partial charge on any atom is -0.355 e. The van der Waals surface area contributed by atoms with Crippen LogP contribution < -0.4 is 15.5 Å². The second kappa shape index (κ2) is 11.1. The number of hydrogen-bond acceptors (Lipinski definition) is 7. The summed E-state index contributed by atoms with van der Waals surface area (Å²) >= 11 is 1.31. The zero-order valence-electron chi connectivity index (χ0n) is 18.6. The average molecular weight is 456 g/mol.